The second-order valence-corrected chi connectivity index (χ2v) is 6.67. The molecule has 0 spiro atoms. The Morgan fingerprint density at radius 1 is 1.25 bits per heavy atom. The lowest BCUT2D eigenvalue weighted by atomic mass is 10.3. The third-order valence-electron chi connectivity index (χ3n) is 2.90. The van der Waals surface area contributed by atoms with Crippen LogP contribution < -0.4 is 10.0 Å². The van der Waals surface area contributed by atoms with Gasteiger partial charge < -0.3 is 10.5 Å². The van der Waals surface area contributed by atoms with Gasteiger partial charge in [0.25, 0.3) is 10.9 Å². The molecule has 9 heteroatoms. The van der Waals surface area contributed by atoms with Crippen LogP contribution >= 0.6 is 23.1 Å². The van der Waals surface area contributed by atoms with Gasteiger partial charge in [-0.1, -0.05) is 11.3 Å². The summed E-state index contributed by atoms with van der Waals surface area (Å²) in [5.74, 6) is -0.345. The minimum Gasteiger partial charge on any atom is -0.618 e. The molecule has 2 aromatic heterocycles. The molecular weight excluding hydrogens is 351 g/mol. The Morgan fingerprint density at radius 3 is 2.79 bits per heavy atom. The summed E-state index contributed by atoms with van der Waals surface area (Å²) in [6.45, 7) is 0. The van der Waals surface area contributed by atoms with E-state index in [0.717, 1.165) is 16.1 Å². The van der Waals surface area contributed by atoms with E-state index < -0.39 is 5.91 Å². The Balaban J connectivity index is 1.61. The number of hydrogen-bond acceptors (Lipinski definition) is 6. The SMILES string of the molecule is O=C(Nc1ccc(F)cc1)c1nnc(CSc2cccc[n+]2[O-])s1. The normalized spacial score (nSPS) is 10.5. The van der Waals surface area contributed by atoms with Gasteiger partial charge in [-0.2, -0.15) is 4.73 Å². The van der Waals surface area contributed by atoms with Gasteiger partial charge in [-0.15, -0.1) is 10.2 Å². The molecule has 0 radical (unpaired) electrons. The Kier molecular flexibility index (Phi) is 5.02. The number of halogens is 1. The first-order valence-corrected chi connectivity index (χ1v) is 8.62. The van der Waals surface area contributed by atoms with Crippen molar-refractivity contribution < 1.29 is 13.9 Å². The van der Waals surface area contributed by atoms with E-state index in [1.54, 1.807) is 18.2 Å². The highest BCUT2D eigenvalue weighted by molar-refractivity contribution is 7.98. The maximum Gasteiger partial charge on any atom is 0.286 e. The van der Waals surface area contributed by atoms with E-state index in [9.17, 15) is 14.4 Å². The zero-order valence-corrected chi connectivity index (χ0v) is 13.8. The number of aromatic nitrogens is 3. The van der Waals surface area contributed by atoms with Crippen LogP contribution in [0.1, 0.15) is 14.8 Å². The van der Waals surface area contributed by atoms with Crippen LogP contribution in [0.15, 0.2) is 53.7 Å². The first-order chi connectivity index (χ1) is 11.6. The van der Waals surface area contributed by atoms with Gasteiger partial charge in [0.05, 0.1) is 5.75 Å². The topological polar surface area (TPSA) is 81.8 Å². The summed E-state index contributed by atoms with van der Waals surface area (Å²) < 4.78 is 13.6. The lowest BCUT2D eigenvalue weighted by Crippen LogP contribution is -2.27. The fourth-order valence-electron chi connectivity index (χ4n) is 1.78. The molecule has 24 heavy (non-hydrogen) atoms. The predicted molar refractivity (Wildman–Crippen MR) is 89.2 cm³/mol. The quantitative estimate of drug-likeness (QED) is 0.429. The van der Waals surface area contributed by atoms with Crippen molar-refractivity contribution in [1.82, 2.24) is 10.2 Å². The molecule has 3 rings (SSSR count). The number of anilines is 1. The first kappa shape index (κ1) is 16.3. The van der Waals surface area contributed by atoms with E-state index in [4.69, 9.17) is 0 Å². The number of carbonyl (C=O) groups is 1. The molecule has 6 nitrogen and oxygen atoms in total. The van der Waals surface area contributed by atoms with Crippen molar-refractivity contribution in [2.75, 3.05) is 5.32 Å². The summed E-state index contributed by atoms with van der Waals surface area (Å²) in [4.78, 5) is 12.1. The van der Waals surface area contributed by atoms with E-state index in [1.165, 1.54) is 42.2 Å². The van der Waals surface area contributed by atoms with Gasteiger partial charge in [0.1, 0.15) is 10.8 Å². The highest BCUT2D eigenvalue weighted by Gasteiger charge is 2.14. The van der Waals surface area contributed by atoms with Gasteiger partial charge in [0.15, 0.2) is 6.20 Å². The Labute approximate surface area is 145 Å². The highest BCUT2D eigenvalue weighted by Crippen LogP contribution is 2.22. The summed E-state index contributed by atoms with van der Waals surface area (Å²) in [5.41, 5.74) is 0.476. The molecule has 0 unspecified atom stereocenters. The minimum atomic E-state index is -0.408. The number of benzene rings is 1. The molecule has 0 aliphatic rings. The van der Waals surface area contributed by atoms with Crippen LogP contribution in [0.25, 0.3) is 0 Å². The van der Waals surface area contributed by atoms with E-state index in [1.807, 2.05) is 0 Å². The van der Waals surface area contributed by atoms with Crippen molar-refractivity contribution in [1.29, 1.82) is 0 Å². The van der Waals surface area contributed by atoms with E-state index in [-0.39, 0.29) is 10.8 Å². The number of pyridine rings is 1. The molecule has 1 amide bonds. The van der Waals surface area contributed by atoms with Crippen molar-refractivity contribution in [3.05, 3.63) is 69.7 Å². The number of hydrogen-bond donors (Lipinski definition) is 1. The van der Waals surface area contributed by atoms with Crippen LogP contribution in [0, 0.1) is 11.0 Å². The first-order valence-electron chi connectivity index (χ1n) is 6.82. The lowest BCUT2D eigenvalue weighted by Gasteiger charge is -2.01. The number of thioether (sulfide) groups is 1. The second kappa shape index (κ2) is 7.37. The molecule has 3 aromatic rings. The van der Waals surface area contributed by atoms with Gasteiger partial charge in [-0.05, 0) is 42.1 Å². The van der Waals surface area contributed by atoms with Crippen molar-refractivity contribution >= 4 is 34.7 Å². The smallest absolute Gasteiger partial charge is 0.286 e. The van der Waals surface area contributed by atoms with Crippen molar-refractivity contribution in [3.63, 3.8) is 0 Å². The number of amides is 1. The lowest BCUT2D eigenvalue weighted by molar-refractivity contribution is -0.645. The summed E-state index contributed by atoms with van der Waals surface area (Å²) in [5, 5.41) is 23.4. The van der Waals surface area contributed by atoms with Crippen LogP contribution in [0.2, 0.25) is 0 Å². The standard InChI is InChI=1S/C15H11FN4O2S2/c16-10-4-6-11(7-5-10)17-14(21)15-19-18-12(24-15)9-23-13-3-1-2-8-20(13)22/h1-8H,9H2,(H,17,21). The molecule has 0 aliphatic heterocycles. The zero-order chi connectivity index (χ0) is 16.9. The molecule has 1 aromatic carbocycles. The van der Waals surface area contributed by atoms with E-state index in [0.29, 0.717) is 21.5 Å². The van der Waals surface area contributed by atoms with Gasteiger partial charge in [-0.3, -0.25) is 4.79 Å². The molecule has 122 valence electrons. The average molecular weight is 362 g/mol. The number of nitrogens with zero attached hydrogens (tertiary/aromatic N) is 3. The summed E-state index contributed by atoms with van der Waals surface area (Å²) in [6.07, 6.45) is 1.42. The maximum absolute atomic E-state index is 12.8. The van der Waals surface area contributed by atoms with Gasteiger partial charge in [0, 0.05) is 17.8 Å². The predicted octanol–water partition coefficient (Wildman–Crippen LogP) is 2.86. The maximum atomic E-state index is 12.8. The van der Waals surface area contributed by atoms with Gasteiger partial charge in [0.2, 0.25) is 5.01 Å². The Morgan fingerprint density at radius 2 is 2.04 bits per heavy atom. The molecule has 2 heterocycles. The third-order valence-corrected chi connectivity index (χ3v) is 5.03. The Hall–Kier alpha value is -2.52. The van der Waals surface area contributed by atoms with Crippen molar-refractivity contribution in [2.24, 2.45) is 0 Å². The van der Waals surface area contributed by atoms with Crippen LogP contribution in [0.4, 0.5) is 10.1 Å². The second-order valence-electron chi connectivity index (χ2n) is 4.62. The monoisotopic (exact) mass is 362 g/mol. The fraction of sp³-hybridized carbons (Fsp3) is 0.0667. The number of rotatable bonds is 5. The van der Waals surface area contributed by atoms with Crippen molar-refractivity contribution in [3.8, 4) is 0 Å². The number of nitrogens with one attached hydrogen (secondary N) is 1. The summed E-state index contributed by atoms with van der Waals surface area (Å²) >= 11 is 2.46. The van der Waals surface area contributed by atoms with Crippen molar-refractivity contribution in [2.45, 2.75) is 10.8 Å². The molecule has 0 aliphatic carbocycles. The summed E-state index contributed by atoms with van der Waals surface area (Å²) in [7, 11) is 0. The average Bonchev–Trinajstić information content (AvgIpc) is 3.05. The van der Waals surface area contributed by atoms with Crippen LogP contribution in [0.5, 0.6) is 0 Å². The molecule has 0 saturated heterocycles. The summed E-state index contributed by atoms with van der Waals surface area (Å²) in [6, 6.07) is 10.6. The fourth-order valence-corrected chi connectivity index (χ4v) is 3.42. The molecule has 0 atom stereocenters. The molecule has 0 saturated carbocycles. The van der Waals surface area contributed by atoms with Gasteiger partial charge >= 0.3 is 0 Å². The molecule has 0 fully saturated rings. The third kappa shape index (κ3) is 4.06. The number of carbonyl (C=O) groups excluding carboxylic acids is 1. The minimum absolute atomic E-state index is 0.206. The van der Waals surface area contributed by atoms with Gasteiger partial charge in [-0.25, -0.2) is 4.39 Å². The highest BCUT2D eigenvalue weighted by atomic mass is 32.2. The molecule has 1 N–H and O–H groups in total. The van der Waals surface area contributed by atoms with Crippen LogP contribution in [-0.2, 0) is 5.75 Å². The Bertz CT molecular complexity index is 855. The zero-order valence-electron chi connectivity index (χ0n) is 12.2. The van der Waals surface area contributed by atoms with Crippen LogP contribution in [-0.4, -0.2) is 16.1 Å². The molecule has 0 bridgehead atoms. The van der Waals surface area contributed by atoms with E-state index in [2.05, 4.69) is 15.5 Å². The van der Waals surface area contributed by atoms with E-state index >= 15 is 0 Å². The largest absolute Gasteiger partial charge is 0.618 e. The van der Waals surface area contributed by atoms with Crippen LogP contribution in [0.3, 0.4) is 0 Å². The molecular formula is C15H11FN4O2S2.